The van der Waals surface area contributed by atoms with Crippen molar-refractivity contribution < 1.29 is 9.59 Å². The quantitative estimate of drug-likeness (QED) is 0.202. The van der Waals surface area contributed by atoms with Crippen molar-refractivity contribution in [3.63, 3.8) is 0 Å². The van der Waals surface area contributed by atoms with Gasteiger partial charge in [-0.15, -0.1) is 11.3 Å². The van der Waals surface area contributed by atoms with Gasteiger partial charge >= 0.3 is 0 Å². The highest BCUT2D eigenvalue weighted by atomic mass is 32.1. The molecule has 2 aromatic heterocycles. The molecule has 3 aliphatic rings. The first kappa shape index (κ1) is 31.7. The summed E-state index contributed by atoms with van der Waals surface area (Å²) in [7, 11) is 0. The predicted molar refractivity (Wildman–Crippen MR) is 188 cm³/mol. The second-order valence-electron chi connectivity index (χ2n) is 14.8. The van der Waals surface area contributed by atoms with Crippen molar-refractivity contribution in [2.24, 2.45) is 5.92 Å². The van der Waals surface area contributed by atoms with E-state index in [4.69, 9.17) is 0 Å². The average molecular weight is 648 g/mol. The van der Waals surface area contributed by atoms with E-state index in [1.54, 1.807) is 11.3 Å². The number of aromatic nitrogens is 1. The Balaban J connectivity index is 1.10. The Labute approximate surface area is 282 Å². The van der Waals surface area contributed by atoms with E-state index >= 15 is 0 Å². The zero-order chi connectivity index (χ0) is 33.0. The van der Waals surface area contributed by atoms with Crippen molar-refractivity contribution in [2.45, 2.75) is 90.3 Å². The van der Waals surface area contributed by atoms with Crippen LogP contribution in [-0.2, 0) is 21.5 Å². The summed E-state index contributed by atoms with van der Waals surface area (Å²) in [6, 6.07) is 19.6. The fourth-order valence-corrected chi connectivity index (χ4v) is 9.37. The lowest BCUT2D eigenvalue weighted by Crippen LogP contribution is -2.53. The lowest BCUT2D eigenvalue weighted by molar-refractivity contribution is -0.137. The van der Waals surface area contributed by atoms with Gasteiger partial charge in [0.15, 0.2) is 0 Å². The molecule has 3 aliphatic heterocycles. The van der Waals surface area contributed by atoms with Crippen molar-refractivity contribution in [3.8, 4) is 17.3 Å². The van der Waals surface area contributed by atoms with E-state index in [9.17, 15) is 14.9 Å². The Bertz CT molecular complexity index is 1850. The molecule has 3 saturated heterocycles. The maximum absolute atomic E-state index is 14.0. The molecule has 5 heterocycles. The van der Waals surface area contributed by atoms with E-state index in [2.05, 4.69) is 85.1 Å². The second-order valence-corrected chi connectivity index (χ2v) is 15.8. The molecule has 1 atom stereocenters. The molecule has 0 saturated carbocycles. The minimum atomic E-state index is -0.601. The van der Waals surface area contributed by atoms with Crippen LogP contribution in [0, 0.1) is 31.1 Å². The van der Waals surface area contributed by atoms with Crippen LogP contribution in [0.25, 0.3) is 21.5 Å². The first-order valence-corrected chi connectivity index (χ1v) is 17.9. The fraction of sp³-hybridized carbons (Fsp3) is 0.462. The van der Waals surface area contributed by atoms with Crippen LogP contribution in [-0.4, -0.2) is 58.3 Å². The average Bonchev–Trinajstić information content (AvgIpc) is 3.81. The number of nitrogens with zero attached hydrogens (tertiary/aromatic N) is 3. The number of amides is 2. The summed E-state index contributed by atoms with van der Waals surface area (Å²) in [5.41, 5.74) is 7.04. The van der Waals surface area contributed by atoms with Crippen LogP contribution in [0.2, 0.25) is 0 Å². The molecule has 2 amide bonds. The molecule has 0 unspecified atom stereocenters. The fourth-order valence-electron chi connectivity index (χ4n) is 8.20. The van der Waals surface area contributed by atoms with Gasteiger partial charge in [-0.1, -0.05) is 36.2 Å². The number of rotatable bonds is 9. The minimum absolute atomic E-state index is 0.0353. The zero-order valence-electron chi connectivity index (χ0n) is 28.2. The maximum Gasteiger partial charge on any atom is 0.233 e. The van der Waals surface area contributed by atoms with Gasteiger partial charge in [0.25, 0.3) is 0 Å². The van der Waals surface area contributed by atoms with Crippen LogP contribution >= 0.6 is 11.3 Å². The largest absolute Gasteiger partial charge is 0.355 e. The van der Waals surface area contributed by atoms with E-state index in [0.29, 0.717) is 24.2 Å². The SMILES string of the molecule is Cc1cc(C)cc(-c2[nH]c3sc(C(C)(C)C(=O)N4C5CCC4CC5)cc3c2[C@H](C)CNC(=O)C2CN(Cc3cccc(C#N)c3)C2)c1. The number of hydrogen-bond acceptors (Lipinski definition) is 5. The van der Waals surface area contributed by atoms with Gasteiger partial charge < -0.3 is 15.2 Å². The highest BCUT2D eigenvalue weighted by molar-refractivity contribution is 7.19. The highest BCUT2D eigenvalue weighted by Gasteiger charge is 2.47. The molecule has 0 radical (unpaired) electrons. The third kappa shape index (κ3) is 5.89. The molecule has 0 aliphatic carbocycles. The first-order chi connectivity index (χ1) is 22.5. The third-order valence-electron chi connectivity index (χ3n) is 10.7. The number of likely N-dealkylation sites (tertiary alicyclic amines) is 1. The molecule has 2 N–H and O–H groups in total. The second kappa shape index (κ2) is 12.3. The number of benzene rings is 2. The molecule has 4 aromatic rings. The van der Waals surface area contributed by atoms with E-state index < -0.39 is 5.41 Å². The van der Waals surface area contributed by atoms with Crippen LogP contribution in [0.3, 0.4) is 0 Å². The standard InChI is InChI=1S/C39H45N5O2S/c1-23-13-24(2)15-28(14-23)35-34(25(3)19-41-36(45)29-21-43(22-29)20-27-8-6-7-26(16-27)18-40)32-17-33(47-37(32)42-35)39(4,5)38(46)44-30-9-10-31(44)12-11-30/h6-8,13-17,25,29-31,42H,9-12,19-22H2,1-5H3,(H,41,45)/t25-,30?,31?/m1/s1. The van der Waals surface area contributed by atoms with Gasteiger partial charge in [0.2, 0.25) is 11.8 Å². The summed E-state index contributed by atoms with van der Waals surface area (Å²) < 4.78 is 0. The predicted octanol–water partition coefficient (Wildman–Crippen LogP) is 7.17. The Kier molecular flexibility index (Phi) is 8.26. The summed E-state index contributed by atoms with van der Waals surface area (Å²) in [6.45, 7) is 13.4. The third-order valence-corrected chi connectivity index (χ3v) is 12.1. The molecular weight excluding hydrogens is 603 g/mol. The molecule has 0 spiro atoms. The monoisotopic (exact) mass is 647 g/mol. The van der Waals surface area contributed by atoms with Gasteiger partial charge in [0.05, 0.1) is 28.7 Å². The lowest BCUT2D eigenvalue weighted by Gasteiger charge is -2.38. The maximum atomic E-state index is 14.0. The normalized spacial score (nSPS) is 20.4. The van der Waals surface area contributed by atoms with Gasteiger partial charge in [-0.25, -0.2) is 0 Å². The van der Waals surface area contributed by atoms with Crippen molar-refractivity contribution in [3.05, 3.63) is 81.2 Å². The number of carbonyl (C=O) groups excluding carboxylic acids is 2. The van der Waals surface area contributed by atoms with E-state index in [1.807, 2.05) is 24.3 Å². The van der Waals surface area contributed by atoms with Crippen molar-refractivity contribution in [1.29, 1.82) is 5.26 Å². The number of H-pyrrole nitrogens is 1. The summed E-state index contributed by atoms with van der Waals surface area (Å²) in [6.07, 6.45) is 4.55. The zero-order valence-corrected chi connectivity index (χ0v) is 29.0. The number of nitriles is 1. The van der Waals surface area contributed by atoms with Gasteiger partial charge in [-0.2, -0.15) is 5.26 Å². The van der Waals surface area contributed by atoms with Crippen molar-refractivity contribution in [1.82, 2.24) is 20.1 Å². The van der Waals surface area contributed by atoms with Crippen molar-refractivity contribution in [2.75, 3.05) is 19.6 Å². The Morgan fingerprint density at radius 3 is 2.38 bits per heavy atom. The minimum Gasteiger partial charge on any atom is -0.355 e. The van der Waals surface area contributed by atoms with Gasteiger partial charge in [0, 0.05) is 54.4 Å². The van der Waals surface area contributed by atoms with Crippen LogP contribution in [0.15, 0.2) is 48.5 Å². The summed E-state index contributed by atoms with van der Waals surface area (Å²) in [5.74, 6) is 0.378. The summed E-state index contributed by atoms with van der Waals surface area (Å²) in [4.78, 5) is 37.7. The van der Waals surface area contributed by atoms with Crippen LogP contribution in [0.5, 0.6) is 0 Å². The van der Waals surface area contributed by atoms with Crippen molar-refractivity contribution >= 4 is 33.4 Å². The number of fused-ring (bicyclic) bond motifs is 3. The summed E-state index contributed by atoms with van der Waals surface area (Å²) in [5, 5.41) is 13.6. The Hall–Kier alpha value is -3.93. The topological polar surface area (TPSA) is 92.2 Å². The van der Waals surface area contributed by atoms with Crippen LogP contribution in [0.1, 0.15) is 85.1 Å². The molecule has 244 valence electrons. The number of carbonyl (C=O) groups is 2. The first-order valence-electron chi connectivity index (χ1n) is 17.1. The molecular formula is C39H45N5O2S. The number of thiophene rings is 1. The lowest BCUT2D eigenvalue weighted by atomic mass is 9.88. The Morgan fingerprint density at radius 2 is 1.72 bits per heavy atom. The van der Waals surface area contributed by atoms with Gasteiger partial charge in [0.1, 0.15) is 4.83 Å². The van der Waals surface area contributed by atoms with E-state index in [-0.39, 0.29) is 23.7 Å². The number of hydrogen-bond donors (Lipinski definition) is 2. The molecule has 7 nitrogen and oxygen atoms in total. The molecule has 2 aromatic carbocycles. The smallest absolute Gasteiger partial charge is 0.233 e. The highest BCUT2D eigenvalue weighted by Crippen LogP contribution is 2.45. The van der Waals surface area contributed by atoms with Crippen LogP contribution in [0.4, 0.5) is 0 Å². The number of aromatic amines is 1. The molecule has 3 fully saturated rings. The van der Waals surface area contributed by atoms with Gasteiger partial charge in [-0.05, 0) is 100 Å². The van der Waals surface area contributed by atoms with E-state index in [1.165, 1.54) is 16.7 Å². The van der Waals surface area contributed by atoms with Crippen LogP contribution < -0.4 is 5.32 Å². The molecule has 2 bridgehead atoms. The number of nitrogens with one attached hydrogen (secondary N) is 2. The molecule has 7 rings (SSSR count). The number of aryl methyl sites for hydroxylation is 2. The summed E-state index contributed by atoms with van der Waals surface area (Å²) >= 11 is 1.70. The Morgan fingerprint density at radius 1 is 1.04 bits per heavy atom. The van der Waals surface area contributed by atoms with Gasteiger partial charge in [-0.3, -0.25) is 14.5 Å². The molecule has 47 heavy (non-hydrogen) atoms. The molecule has 8 heteroatoms. The van der Waals surface area contributed by atoms with E-state index in [0.717, 1.165) is 77.2 Å².